The number of carbonyl (C=O) groups excluding carboxylic acids is 1. The maximum absolute atomic E-state index is 11.5. The lowest BCUT2D eigenvalue weighted by Crippen LogP contribution is -2.11. The van der Waals surface area contributed by atoms with Gasteiger partial charge in [0.1, 0.15) is 0 Å². The highest BCUT2D eigenvalue weighted by Gasteiger charge is 2.03. The Kier molecular flexibility index (Phi) is 4.31. The predicted molar refractivity (Wildman–Crippen MR) is 73.6 cm³/mol. The number of aromatic nitrogens is 1. The molecular weight excluding hydrogens is 248 g/mol. The summed E-state index contributed by atoms with van der Waals surface area (Å²) in [6.45, 7) is 0. The number of anilines is 1. The number of nitrogens with one attached hydrogen (secondary N) is 1. The highest BCUT2D eigenvalue weighted by atomic mass is 35.5. The molecule has 1 aromatic heterocycles. The second kappa shape index (κ2) is 6.17. The van der Waals surface area contributed by atoms with E-state index < -0.39 is 0 Å². The van der Waals surface area contributed by atoms with Crippen LogP contribution in [0.1, 0.15) is 6.42 Å². The van der Waals surface area contributed by atoms with E-state index in [4.69, 9.17) is 11.6 Å². The third-order valence-corrected chi connectivity index (χ3v) is 2.65. The molecule has 0 bridgehead atoms. The van der Waals surface area contributed by atoms with Crippen LogP contribution in [0.2, 0.25) is 0 Å². The summed E-state index contributed by atoms with van der Waals surface area (Å²) in [6, 6.07) is 11.5. The Hall–Kier alpha value is -1.87. The maximum atomic E-state index is 11.5. The number of benzene rings is 1. The summed E-state index contributed by atoms with van der Waals surface area (Å²) >= 11 is 5.52. The van der Waals surface area contributed by atoms with Crippen molar-refractivity contribution >= 4 is 23.2 Å². The Morgan fingerprint density at radius 1 is 1.22 bits per heavy atom. The summed E-state index contributed by atoms with van der Waals surface area (Å²) < 4.78 is 0. The van der Waals surface area contributed by atoms with Crippen molar-refractivity contribution in [1.29, 1.82) is 0 Å². The van der Waals surface area contributed by atoms with E-state index in [0.717, 1.165) is 16.8 Å². The number of hydrogen-bond acceptors (Lipinski definition) is 2. The molecule has 0 unspecified atom stereocenters. The number of halogens is 1. The second-order valence-corrected chi connectivity index (χ2v) is 4.19. The van der Waals surface area contributed by atoms with Crippen LogP contribution in [-0.4, -0.2) is 16.8 Å². The van der Waals surface area contributed by atoms with E-state index >= 15 is 0 Å². The molecule has 0 aliphatic rings. The van der Waals surface area contributed by atoms with E-state index in [1.54, 1.807) is 12.4 Å². The van der Waals surface area contributed by atoms with Crippen molar-refractivity contribution in [2.75, 3.05) is 11.2 Å². The fourth-order valence-electron chi connectivity index (χ4n) is 1.62. The lowest BCUT2D eigenvalue weighted by molar-refractivity contribution is -0.115. The Morgan fingerprint density at radius 2 is 2.06 bits per heavy atom. The van der Waals surface area contributed by atoms with Crippen molar-refractivity contribution in [2.45, 2.75) is 6.42 Å². The van der Waals surface area contributed by atoms with Crippen molar-refractivity contribution in [3.63, 3.8) is 0 Å². The Labute approximate surface area is 111 Å². The Bertz CT molecular complexity index is 528. The van der Waals surface area contributed by atoms with Gasteiger partial charge >= 0.3 is 0 Å². The van der Waals surface area contributed by atoms with Crippen LogP contribution in [0.15, 0.2) is 48.8 Å². The second-order valence-electron chi connectivity index (χ2n) is 3.81. The average Bonchev–Trinajstić information content (AvgIpc) is 2.40. The lowest BCUT2D eigenvalue weighted by atomic mass is 10.1. The first kappa shape index (κ1) is 12.6. The van der Waals surface area contributed by atoms with Crippen molar-refractivity contribution in [2.24, 2.45) is 0 Å². The van der Waals surface area contributed by atoms with E-state index in [-0.39, 0.29) is 5.91 Å². The fraction of sp³-hybridized carbons (Fsp3) is 0.143. The zero-order chi connectivity index (χ0) is 12.8. The molecule has 0 fully saturated rings. The monoisotopic (exact) mass is 260 g/mol. The molecule has 0 saturated heterocycles. The van der Waals surface area contributed by atoms with Crippen LogP contribution < -0.4 is 5.32 Å². The van der Waals surface area contributed by atoms with Crippen molar-refractivity contribution < 1.29 is 4.79 Å². The smallest absolute Gasteiger partial charge is 0.225 e. The van der Waals surface area contributed by atoms with Gasteiger partial charge in [-0.25, -0.2) is 0 Å². The molecule has 18 heavy (non-hydrogen) atoms. The van der Waals surface area contributed by atoms with E-state index in [1.807, 2.05) is 36.4 Å². The van der Waals surface area contributed by atoms with Gasteiger partial charge in [-0.15, -0.1) is 11.6 Å². The van der Waals surface area contributed by atoms with Gasteiger partial charge in [0.2, 0.25) is 5.91 Å². The van der Waals surface area contributed by atoms with Crippen LogP contribution >= 0.6 is 11.6 Å². The minimum Gasteiger partial charge on any atom is -0.326 e. The van der Waals surface area contributed by atoms with Gasteiger partial charge in [0.05, 0.1) is 0 Å². The molecule has 0 saturated carbocycles. The van der Waals surface area contributed by atoms with Gasteiger partial charge in [-0.1, -0.05) is 18.2 Å². The van der Waals surface area contributed by atoms with Gasteiger partial charge < -0.3 is 5.32 Å². The molecular formula is C14H13ClN2O. The summed E-state index contributed by atoms with van der Waals surface area (Å²) in [5.41, 5.74) is 2.81. The number of hydrogen-bond donors (Lipinski definition) is 1. The third-order valence-electron chi connectivity index (χ3n) is 2.46. The SMILES string of the molecule is O=C(CCCl)Nc1cccc(-c2cccnc2)c1. The first-order valence-corrected chi connectivity index (χ1v) is 6.19. The van der Waals surface area contributed by atoms with Gasteiger partial charge in [-0.3, -0.25) is 9.78 Å². The first-order valence-electron chi connectivity index (χ1n) is 5.66. The zero-order valence-electron chi connectivity index (χ0n) is 9.77. The molecule has 3 nitrogen and oxygen atoms in total. The zero-order valence-corrected chi connectivity index (χ0v) is 10.5. The van der Waals surface area contributed by atoms with E-state index in [2.05, 4.69) is 10.3 Å². The molecule has 0 atom stereocenters. The molecule has 0 spiro atoms. The molecule has 0 aliphatic carbocycles. The molecule has 4 heteroatoms. The fourth-order valence-corrected chi connectivity index (χ4v) is 1.79. The largest absolute Gasteiger partial charge is 0.326 e. The topological polar surface area (TPSA) is 42.0 Å². The van der Waals surface area contributed by atoms with Crippen molar-refractivity contribution in [1.82, 2.24) is 4.98 Å². The van der Waals surface area contributed by atoms with Crippen LogP contribution in [0.25, 0.3) is 11.1 Å². The van der Waals surface area contributed by atoms with Crippen LogP contribution in [0.3, 0.4) is 0 Å². The number of rotatable bonds is 4. The third kappa shape index (κ3) is 3.31. The number of carbonyl (C=O) groups is 1. The van der Waals surface area contributed by atoms with E-state index in [1.165, 1.54) is 0 Å². The van der Waals surface area contributed by atoms with Gasteiger partial charge in [0.15, 0.2) is 0 Å². The average molecular weight is 261 g/mol. The molecule has 2 rings (SSSR count). The van der Waals surface area contributed by atoms with Crippen molar-refractivity contribution in [3.05, 3.63) is 48.8 Å². The number of nitrogens with zero attached hydrogens (tertiary/aromatic N) is 1. The van der Waals surface area contributed by atoms with Crippen LogP contribution in [0.4, 0.5) is 5.69 Å². The molecule has 2 aromatic rings. The molecule has 1 aromatic carbocycles. The molecule has 92 valence electrons. The quantitative estimate of drug-likeness (QED) is 0.857. The van der Waals surface area contributed by atoms with Gasteiger partial charge in [0.25, 0.3) is 0 Å². The van der Waals surface area contributed by atoms with Gasteiger partial charge in [0, 0.05) is 35.9 Å². The van der Waals surface area contributed by atoms with Crippen LogP contribution in [0, 0.1) is 0 Å². The highest BCUT2D eigenvalue weighted by molar-refractivity contribution is 6.19. The van der Waals surface area contributed by atoms with Crippen LogP contribution in [0.5, 0.6) is 0 Å². The summed E-state index contributed by atoms with van der Waals surface area (Å²) in [5, 5.41) is 2.81. The van der Waals surface area contributed by atoms with Crippen LogP contribution in [-0.2, 0) is 4.79 Å². The molecule has 0 aliphatic heterocycles. The summed E-state index contributed by atoms with van der Waals surface area (Å²) in [4.78, 5) is 15.5. The standard InChI is InChI=1S/C14H13ClN2O/c15-7-6-14(18)17-13-5-1-3-11(9-13)12-4-2-8-16-10-12/h1-5,8-10H,6-7H2,(H,17,18). The lowest BCUT2D eigenvalue weighted by Gasteiger charge is -2.06. The van der Waals surface area contributed by atoms with Crippen molar-refractivity contribution in [3.8, 4) is 11.1 Å². The number of alkyl halides is 1. The molecule has 1 amide bonds. The first-order chi connectivity index (χ1) is 8.79. The summed E-state index contributed by atoms with van der Waals surface area (Å²) in [6.07, 6.45) is 3.84. The highest BCUT2D eigenvalue weighted by Crippen LogP contribution is 2.21. The normalized spacial score (nSPS) is 10.1. The van der Waals surface area contributed by atoms with Gasteiger partial charge in [-0.05, 0) is 23.8 Å². The maximum Gasteiger partial charge on any atom is 0.225 e. The predicted octanol–water partition coefficient (Wildman–Crippen LogP) is 3.32. The van der Waals surface area contributed by atoms with Gasteiger partial charge in [-0.2, -0.15) is 0 Å². The Balaban J connectivity index is 2.18. The Morgan fingerprint density at radius 3 is 2.78 bits per heavy atom. The number of pyridine rings is 1. The molecule has 0 radical (unpaired) electrons. The summed E-state index contributed by atoms with van der Waals surface area (Å²) in [5.74, 6) is 0.252. The minimum atomic E-state index is -0.0756. The minimum absolute atomic E-state index is 0.0756. The summed E-state index contributed by atoms with van der Waals surface area (Å²) in [7, 11) is 0. The molecule has 1 N–H and O–H groups in total. The number of amides is 1. The van der Waals surface area contributed by atoms with E-state index in [0.29, 0.717) is 12.3 Å². The van der Waals surface area contributed by atoms with E-state index in [9.17, 15) is 4.79 Å². The molecule has 1 heterocycles.